The third kappa shape index (κ3) is 2.69. The molecule has 1 atom stereocenters. The van der Waals surface area contributed by atoms with Gasteiger partial charge in [0.05, 0.1) is 6.42 Å². The maximum atomic E-state index is 12.2. The predicted octanol–water partition coefficient (Wildman–Crippen LogP) is 1.73. The average molecular weight is 299 g/mol. The van der Waals surface area contributed by atoms with Crippen molar-refractivity contribution in [2.75, 3.05) is 10.6 Å². The second-order valence-electron chi connectivity index (χ2n) is 5.56. The number of aryl methyl sites for hydroxylation is 3. The molecule has 0 saturated heterocycles. The summed E-state index contributed by atoms with van der Waals surface area (Å²) in [6, 6.07) is 5.17. The minimum Gasteiger partial charge on any atom is -0.326 e. The van der Waals surface area contributed by atoms with E-state index in [-0.39, 0.29) is 18.2 Å². The molecule has 2 heterocycles. The van der Waals surface area contributed by atoms with E-state index in [1.165, 1.54) is 4.68 Å². The largest absolute Gasteiger partial charge is 0.326 e. The Morgan fingerprint density at radius 2 is 1.95 bits per heavy atom. The molecule has 0 unspecified atom stereocenters. The van der Waals surface area contributed by atoms with Gasteiger partial charge in [-0.1, -0.05) is 6.07 Å². The number of hydrogen-bond donors (Lipinski definition) is 2. The quantitative estimate of drug-likeness (QED) is 0.903. The van der Waals surface area contributed by atoms with Crippen molar-refractivity contribution >= 4 is 23.5 Å². The fraction of sp³-hybridized carbons (Fsp3) is 0.333. The molecule has 7 nitrogen and oxygen atoms in total. The number of carbonyl (C=O) groups is 2. The van der Waals surface area contributed by atoms with Crippen LogP contribution in [0.25, 0.3) is 0 Å². The number of hydrogen-bond acceptors (Lipinski definition) is 4. The summed E-state index contributed by atoms with van der Waals surface area (Å²) in [4.78, 5) is 28.2. The second kappa shape index (κ2) is 5.25. The molecule has 0 fully saturated rings. The highest BCUT2D eigenvalue weighted by Crippen LogP contribution is 2.25. The molecule has 0 radical (unpaired) electrons. The zero-order valence-corrected chi connectivity index (χ0v) is 12.7. The highest BCUT2D eigenvalue weighted by molar-refractivity contribution is 6.00. The Morgan fingerprint density at radius 3 is 2.64 bits per heavy atom. The van der Waals surface area contributed by atoms with Crippen molar-refractivity contribution in [3.63, 3.8) is 0 Å². The van der Waals surface area contributed by atoms with Crippen molar-refractivity contribution < 1.29 is 9.59 Å². The smallest absolute Gasteiger partial charge is 0.252 e. The van der Waals surface area contributed by atoms with Crippen LogP contribution in [0.5, 0.6) is 0 Å². The molecule has 2 aromatic rings. The number of nitrogens with zero attached hydrogens (tertiary/aromatic N) is 3. The zero-order valence-electron chi connectivity index (χ0n) is 12.7. The Balaban J connectivity index is 1.73. The van der Waals surface area contributed by atoms with Crippen LogP contribution in [0.4, 0.5) is 11.6 Å². The van der Waals surface area contributed by atoms with Crippen LogP contribution >= 0.6 is 0 Å². The molecular formula is C15H17N5O2. The van der Waals surface area contributed by atoms with Gasteiger partial charge in [-0.25, -0.2) is 4.68 Å². The molecule has 3 rings (SSSR count). The number of nitrogens with one attached hydrogen (secondary N) is 2. The van der Waals surface area contributed by atoms with Crippen LogP contribution in [-0.2, 0) is 9.59 Å². The third-order valence-electron chi connectivity index (χ3n) is 3.45. The van der Waals surface area contributed by atoms with E-state index in [0.29, 0.717) is 11.8 Å². The minimum absolute atomic E-state index is 0.0224. The van der Waals surface area contributed by atoms with Gasteiger partial charge < -0.3 is 5.32 Å². The number of carbonyl (C=O) groups excluding carboxylic acids is 2. The van der Waals surface area contributed by atoms with E-state index in [1.54, 1.807) is 6.92 Å². The Kier molecular flexibility index (Phi) is 3.40. The van der Waals surface area contributed by atoms with E-state index in [4.69, 9.17) is 0 Å². The highest BCUT2D eigenvalue weighted by Gasteiger charge is 2.34. The van der Waals surface area contributed by atoms with Crippen molar-refractivity contribution in [3.8, 4) is 0 Å². The first-order valence-corrected chi connectivity index (χ1v) is 7.04. The lowest BCUT2D eigenvalue weighted by atomic mass is 10.1. The minimum atomic E-state index is -0.651. The molecule has 1 aliphatic heterocycles. The van der Waals surface area contributed by atoms with Gasteiger partial charge in [0.15, 0.2) is 0 Å². The van der Waals surface area contributed by atoms with Crippen LogP contribution in [0.1, 0.15) is 29.4 Å². The summed E-state index contributed by atoms with van der Waals surface area (Å²) in [6.07, 6.45) is 0.0224. The highest BCUT2D eigenvalue weighted by atomic mass is 16.2. The lowest BCUT2D eigenvalue weighted by Gasteiger charge is -2.11. The molecule has 0 saturated carbocycles. The van der Waals surface area contributed by atoms with E-state index in [0.717, 1.165) is 16.8 Å². The molecule has 1 aliphatic rings. The van der Waals surface area contributed by atoms with Crippen LogP contribution in [0.2, 0.25) is 0 Å². The number of fused-ring (bicyclic) bond motifs is 1. The molecule has 7 heteroatoms. The summed E-state index contributed by atoms with van der Waals surface area (Å²) in [5.41, 5.74) is 2.88. The van der Waals surface area contributed by atoms with E-state index in [9.17, 15) is 9.59 Å². The van der Waals surface area contributed by atoms with Gasteiger partial charge in [0, 0.05) is 5.69 Å². The van der Waals surface area contributed by atoms with E-state index in [2.05, 4.69) is 20.7 Å². The normalized spacial score (nSPS) is 16.3. The molecule has 0 aliphatic carbocycles. The van der Waals surface area contributed by atoms with Crippen molar-refractivity contribution in [2.45, 2.75) is 33.2 Å². The van der Waals surface area contributed by atoms with Gasteiger partial charge in [-0.05, 0) is 44.0 Å². The summed E-state index contributed by atoms with van der Waals surface area (Å²) in [6.45, 7) is 5.68. The van der Waals surface area contributed by atoms with Crippen LogP contribution in [0, 0.1) is 20.8 Å². The molecule has 0 spiro atoms. The Labute approximate surface area is 127 Å². The predicted molar refractivity (Wildman–Crippen MR) is 81.6 cm³/mol. The van der Waals surface area contributed by atoms with Crippen LogP contribution in [0.15, 0.2) is 18.2 Å². The fourth-order valence-electron chi connectivity index (χ4n) is 2.65. The van der Waals surface area contributed by atoms with Gasteiger partial charge in [-0.3, -0.25) is 14.9 Å². The fourth-order valence-corrected chi connectivity index (χ4v) is 2.65. The first-order chi connectivity index (χ1) is 10.4. The van der Waals surface area contributed by atoms with Crippen molar-refractivity contribution in [2.24, 2.45) is 0 Å². The lowest BCUT2D eigenvalue weighted by molar-refractivity contribution is -0.123. The van der Waals surface area contributed by atoms with Gasteiger partial charge in [0.2, 0.25) is 11.9 Å². The monoisotopic (exact) mass is 299 g/mol. The summed E-state index contributed by atoms with van der Waals surface area (Å²) in [7, 11) is 0. The molecule has 2 N–H and O–H groups in total. The lowest BCUT2D eigenvalue weighted by Crippen LogP contribution is -2.23. The van der Waals surface area contributed by atoms with E-state index in [1.807, 2.05) is 32.0 Å². The molecule has 0 bridgehead atoms. The average Bonchev–Trinajstić information content (AvgIpc) is 2.86. The Bertz CT molecular complexity index is 745. The summed E-state index contributed by atoms with van der Waals surface area (Å²) >= 11 is 0. The third-order valence-corrected chi connectivity index (χ3v) is 3.45. The molecule has 1 aromatic heterocycles. The number of rotatable bonds is 3. The van der Waals surface area contributed by atoms with Crippen LogP contribution < -0.4 is 10.6 Å². The maximum absolute atomic E-state index is 12.2. The standard InChI is InChI=1S/C15H17N5O2/c1-8-4-9(2)6-11(5-8)17-13(21)7-12-14(22)18-15-16-10(3)19-20(12)15/h4-6,12H,7H2,1-3H3,(H,17,21)(H,16,18,19,22)/t12-/m1/s1. The summed E-state index contributed by atoms with van der Waals surface area (Å²) in [5.74, 6) is 0.471. The summed E-state index contributed by atoms with van der Waals surface area (Å²) < 4.78 is 1.47. The zero-order chi connectivity index (χ0) is 15.9. The van der Waals surface area contributed by atoms with Gasteiger partial charge in [-0.2, -0.15) is 10.1 Å². The molecule has 1 aromatic carbocycles. The van der Waals surface area contributed by atoms with E-state index >= 15 is 0 Å². The summed E-state index contributed by atoms with van der Waals surface area (Å²) in [5, 5.41) is 9.61. The Hall–Kier alpha value is -2.70. The van der Waals surface area contributed by atoms with Crippen LogP contribution in [0.3, 0.4) is 0 Å². The second-order valence-corrected chi connectivity index (χ2v) is 5.56. The number of aromatic nitrogens is 3. The van der Waals surface area contributed by atoms with Gasteiger partial charge >= 0.3 is 0 Å². The maximum Gasteiger partial charge on any atom is 0.252 e. The van der Waals surface area contributed by atoms with Crippen LogP contribution in [-0.4, -0.2) is 26.6 Å². The molecule has 114 valence electrons. The topological polar surface area (TPSA) is 88.9 Å². The SMILES string of the molecule is Cc1cc(C)cc(NC(=O)C[C@@H]2C(=O)Nc3nc(C)nn32)c1. The number of amides is 2. The van der Waals surface area contributed by atoms with Crippen molar-refractivity contribution in [1.82, 2.24) is 14.8 Å². The van der Waals surface area contributed by atoms with Gasteiger partial charge in [-0.15, -0.1) is 0 Å². The first-order valence-electron chi connectivity index (χ1n) is 7.04. The van der Waals surface area contributed by atoms with Gasteiger partial charge in [0.25, 0.3) is 5.91 Å². The van der Waals surface area contributed by atoms with Crippen molar-refractivity contribution in [3.05, 3.63) is 35.2 Å². The van der Waals surface area contributed by atoms with Crippen molar-refractivity contribution in [1.29, 1.82) is 0 Å². The molecule has 2 amide bonds. The molecule has 22 heavy (non-hydrogen) atoms. The first kappa shape index (κ1) is 14.2. The Morgan fingerprint density at radius 1 is 1.27 bits per heavy atom. The number of anilines is 2. The molecular weight excluding hydrogens is 282 g/mol. The number of benzene rings is 1. The van der Waals surface area contributed by atoms with Gasteiger partial charge in [0.1, 0.15) is 11.9 Å². The van der Waals surface area contributed by atoms with E-state index < -0.39 is 6.04 Å².